The van der Waals surface area contributed by atoms with Gasteiger partial charge in [0.1, 0.15) is 12.1 Å². The van der Waals surface area contributed by atoms with E-state index in [-0.39, 0.29) is 19.3 Å². The molecule has 0 aliphatic heterocycles. The Morgan fingerprint density at radius 3 is 1.89 bits per heavy atom. The summed E-state index contributed by atoms with van der Waals surface area (Å²) in [5, 5.41) is 29.0. The molecule has 5 unspecified atom stereocenters. The molecule has 0 aliphatic rings. The number of carboxylic acids is 1. The summed E-state index contributed by atoms with van der Waals surface area (Å²) < 4.78 is 0. The number of aliphatic hydroxyl groups is 1. The van der Waals surface area contributed by atoms with Gasteiger partial charge in [0.2, 0.25) is 17.7 Å². The molecule has 0 fully saturated rings. The van der Waals surface area contributed by atoms with E-state index in [1.165, 1.54) is 18.7 Å². The fourth-order valence-electron chi connectivity index (χ4n) is 5.06. The maximum absolute atomic E-state index is 13.6. The molecule has 9 N–H and O–H groups in total. The number of hydrogen-bond donors (Lipinski definition) is 8. The maximum Gasteiger partial charge on any atom is 0.328 e. The van der Waals surface area contributed by atoms with Crippen LogP contribution < -0.4 is 21.7 Å². The largest absolute Gasteiger partial charge is 0.480 e. The Hall–Kier alpha value is -4.33. The van der Waals surface area contributed by atoms with Gasteiger partial charge in [0, 0.05) is 40.6 Å². The summed E-state index contributed by atoms with van der Waals surface area (Å²) in [5.74, 6) is -2.80. The van der Waals surface area contributed by atoms with E-state index in [4.69, 9.17) is 5.73 Å². The van der Waals surface area contributed by atoms with Gasteiger partial charge in [-0.15, -0.1) is 0 Å². The molecule has 234 valence electrons. The number of benzene rings is 2. The number of thioether (sulfide) groups is 1. The highest BCUT2D eigenvalue weighted by molar-refractivity contribution is 7.98. The van der Waals surface area contributed by atoms with Crippen LogP contribution in [0.3, 0.4) is 0 Å². The van der Waals surface area contributed by atoms with Crippen LogP contribution in [0.2, 0.25) is 0 Å². The second-order valence-electron chi connectivity index (χ2n) is 10.7. The third-order valence-electron chi connectivity index (χ3n) is 7.47. The predicted octanol–water partition coefficient (Wildman–Crippen LogP) is 1.43. The summed E-state index contributed by atoms with van der Waals surface area (Å²) in [6.45, 7) is 1.25. The van der Waals surface area contributed by atoms with E-state index in [2.05, 4.69) is 25.9 Å². The molecular weight excluding hydrogens is 584 g/mol. The van der Waals surface area contributed by atoms with E-state index in [1.807, 2.05) is 54.8 Å². The van der Waals surface area contributed by atoms with Crippen molar-refractivity contribution in [2.45, 2.75) is 56.5 Å². The third-order valence-corrected chi connectivity index (χ3v) is 8.12. The first-order chi connectivity index (χ1) is 21.1. The molecule has 0 bridgehead atoms. The van der Waals surface area contributed by atoms with Gasteiger partial charge in [0.15, 0.2) is 6.04 Å². The molecule has 2 aromatic heterocycles. The number of rotatable bonds is 15. The van der Waals surface area contributed by atoms with Crippen molar-refractivity contribution in [2.24, 2.45) is 5.73 Å². The molecule has 3 amide bonds. The van der Waals surface area contributed by atoms with E-state index < -0.39 is 54.0 Å². The minimum absolute atomic E-state index is 0.0248. The lowest BCUT2D eigenvalue weighted by atomic mass is 10.0. The van der Waals surface area contributed by atoms with Gasteiger partial charge >= 0.3 is 5.97 Å². The van der Waals surface area contributed by atoms with Crippen molar-refractivity contribution in [1.82, 2.24) is 25.9 Å². The number of carboxylic acid groups (broad SMARTS) is 1. The summed E-state index contributed by atoms with van der Waals surface area (Å²) in [6, 6.07) is 10.4. The topological polar surface area (TPSA) is 202 Å². The summed E-state index contributed by atoms with van der Waals surface area (Å²) in [7, 11) is 0. The average molecular weight is 623 g/mol. The molecule has 5 atom stereocenters. The Balaban J connectivity index is 1.52. The second kappa shape index (κ2) is 14.9. The second-order valence-corrected chi connectivity index (χ2v) is 11.7. The van der Waals surface area contributed by atoms with Crippen LogP contribution in [0.1, 0.15) is 24.5 Å². The SMILES string of the molecule is CSCCC(NC(=O)C(N)Cc1c[nH]c2ccccc12)C(=O)NC(Cc1c[nH]c2ccccc12)C(=O)NC(C(=O)O)C(C)O. The standard InChI is InChI=1S/C31H38N6O6S/c1-17(38)27(31(42)43)37-30(41)26(14-19-16-34-24-10-6-4-8-21(19)24)36-29(40)25(11-12-44-2)35-28(39)22(32)13-18-15-33-23-9-5-3-7-20(18)23/h3-10,15-17,22,25-27,33-34,38H,11-14,32H2,1-2H3,(H,35,39)(H,36,40)(H,37,41)(H,42,43). The van der Waals surface area contributed by atoms with Crippen LogP contribution in [0.15, 0.2) is 60.9 Å². The highest BCUT2D eigenvalue weighted by atomic mass is 32.2. The van der Waals surface area contributed by atoms with Gasteiger partial charge in [0.05, 0.1) is 12.1 Å². The van der Waals surface area contributed by atoms with Crippen molar-refractivity contribution in [3.63, 3.8) is 0 Å². The van der Waals surface area contributed by atoms with Crippen molar-refractivity contribution >= 4 is 57.3 Å². The van der Waals surface area contributed by atoms with Gasteiger partial charge in [0.25, 0.3) is 0 Å². The number of fused-ring (bicyclic) bond motifs is 2. The van der Waals surface area contributed by atoms with E-state index in [0.717, 1.165) is 32.9 Å². The molecule has 0 radical (unpaired) electrons. The first kappa shape index (κ1) is 32.6. The molecule has 44 heavy (non-hydrogen) atoms. The minimum Gasteiger partial charge on any atom is -0.480 e. The molecule has 2 aromatic carbocycles. The van der Waals surface area contributed by atoms with Crippen LogP contribution >= 0.6 is 11.8 Å². The number of carbonyl (C=O) groups excluding carboxylic acids is 3. The molecule has 0 spiro atoms. The number of nitrogens with two attached hydrogens (primary N) is 1. The highest BCUT2D eigenvalue weighted by Gasteiger charge is 2.32. The van der Waals surface area contributed by atoms with Crippen LogP contribution in [0, 0.1) is 0 Å². The molecule has 0 aliphatic carbocycles. The zero-order valence-electron chi connectivity index (χ0n) is 24.5. The Bertz CT molecular complexity index is 1620. The van der Waals surface area contributed by atoms with Crippen LogP contribution in [0.25, 0.3) is 21.8 Å². The van der Waals surface area contributed by atoms with Crippen molar-refractivity contribution in [1.29, 1.82) is 0 Å². The lowest BCUT2D eigenvalue weighted by Crippen LogP contribution is -2.59. The number of aliphatic hydroxyl groups excluding tert-OH is 1. The number of hydrogen-bond acceptors (Lipinski definition) is 7. The summed E-state index contributed by atoms with van der Waals surface area (Å²) in [6.07, 6.45) is 4.55. The Morgan fingerprint density at radius 1 is 0.818 bits per heavy atom. The van der Waals surface area contributed by atoms with Crippen LogP contribution in [0.5, 0.6) is 0 Å². The fraction of sp³-hybridized carbons (Fsp3) is 0.355. The highest BCUT2D eigenvalue weighted by Crippen LogP contribution is 2.20. The lowest BCUT2D eigenvalue weighted by molar-refractivity contribution is -0.145. The fourth-order valence-corrected chi connectivity index (χ4v) is 5.53. The predicted molar refractivity (Wildman–Crippen MR) is 170 cm³/mol. The van der Waals surface area contributed by atoms with Crippen LogP contribution in [-0.2, 0) is 32.0 Å². The first-order valence-corrected chi connectivity index (χ1v) is 15.6. The van der Waals surface area contributed by atoms with E-state index in [9.17, 15) is 29.4 Å². The molecule has 4 rings (SSSR count). The number of amides is 3. The van der Waals surface area contributed by atoms with Gasteiger partial charge in [-0.2, -0.15) is 11.8 Å². The molecule has 2 heterocycles. The number of para-hydroxylation sites is 2. The molecule has 12 nitrogen and oxygen atoms in total. The minimum atomic E-state index is -1.58. The first-order valence-electron chi connectivity index (χ1n) is 14.3. The molecule has 4 aromatic rings. The van der Waals surface area contributed by atoms with Gasteiger partial charge in [-0.25, -0.2) is 4.79 Å². The average Bonchev–Trinajstić information content (AvgIpc) is 3.61. The molecular formula is C31H38N6O6S. The number of carbonyl (C=O) groups is 4. The van der Waals surface area contributed by atoms with Gasteiger partial charge in [-0.05, 0) is 55.0 Å². The summed E-state index contributed by atoms with van der Waals surface area (Å²) in [5.41, 5.74) is 9.61. The van der Waals surface area contributed by atoms with Crippen molar-refractivity contribution in [3.8, 4) is 0 Å². The number of nitrogens with one attached hydrogen (secondary N) is 5. The van der Waals surface area contributed by atoms with Crippen molar-refractivity contribution < 1.29 is 29.4 Å². The lowest BCUT2D eigenvalue weighted by Gasteiger charge is -2.26. The van der Waals surface area contributed by atoms with Crippen LogP contribution in [-0.4, -0.2) is 86.2 Å². The number of H-pyrrole nitrogens is 2. The number of aliphatic carboxylic acids is 1. The van der Waals surface area contributed by atoms with Crippen molar-refractivity contribution in [3.05, 3.63) is 72.1 Å². The Labute approximate surface area is 258 Å². The Morgan fingerprint density at radius 2 is 1.34 bits per heavy atom. The summed E-state index contributed by atoms with van der Waals surface area (Å²) in [4.78, 5) is 58.2. The van der Waals surface area contributed by atoms with E-state index in [1.54, 1.807) is 12.4 Å². The zero-order chi connectivity index (χ0) is 31.8. The monoisotopic (exact) mass is 622 g/mol. The van der Waals surface area contributed by atoms with E-state index >= 15 is 0 Å². The Kier molecular flexibility index (Phi) is 11.0. The number of aromatic amines is 2. The van der Waals surface area contributed by atoms with Crippen LogP contribution in [0.4, 0.5) is 0 Å². The summed E-state index contributed by atoms with van der Waals surface area (Å²) >= 11 is 1.49. The third kappa shape index (κ3) is 7.98. The maximum atomic E-state index is 13.6. The van der Waals surface area contributed by atoms with Gasteiger partial charge in [-0.1, -0.05) is 36.4 Å². The normalized spacial score (nSPS) is 14.8. The van der Waals surface area contributed by atoms with Crippen molar-refractivity contribution in [2.75, 3.05) is 12.0 Å². The molecule has 0 saturated heterocycles. The smallest absolute Gasteiger partial charge is 0.328 e. The number of aromatic nitrogens is 2. The zero-order valence-corrected chi connectivity index (χ0v) is 25.3. The quantitative estimate of drug-likeness (QED) is 0.0972. The molecule has 0 saturated carbocycles. The van der Waals surface area contributed by atoms with E-state index in [0.29, 0.717) is 5.75 Å². The molecule has 13 heteroatoms. The van der Waals surface area contributed by atoms with Gasteiger partial charge in [-0.3, -0.25) is 14.4 Å². The van der Waals surface area contributed by atoms with Gasteiger partial charge < -0.3 is 41.9 Å².